The summed E-state index contributed by atoms with van der Waals surface area (Å²) in [6.07, 6.45) is 0. The second kappa shape index (κ2) is 15.8. The maximum absolute atomic E-state index is 9.00. The summed E-state index contributed by atoms with van der Waals surface area (Å²) >= 11 is 1.38. The van der Waals surface area contributed by atoms with Crippen molar-refractivity contribution in [2.75, 3.05) is 0 Å². The molecule has 0 spiro atoms. The van der Waals surface area contributed by atoms with Gasteiger partial charge in [0.05, 0.1) is 0 Å². The van der Waals surface area contributed by atoms with Crippen molar-refractivity contribution in [3.05, 3.63) is 0 Å². The van der Waals surface area contributed by atoms with E-state index in [0.717, 1.165) is 0 Å². The van der Waals surface area contributed by atoms with Gasteiger partial charge in [-0.1, -0.05) is 0 Å². The standard InChI is InChI=1S/2Na.O.2V.2H. The first-order valence-electron chi connectivity index (χ1n) is 0.383. The van der Waals surface area contributed by atoms with Crippen molar-refractivity contribution in [3.63, 3.8) is 0 Å². The van der Waals surface area contributed by atoms with Crippen molar-refractivity contribution >= 4 is 59.1 Å². The summed E-state index contributed by atoms with van der Waals surface area (Å²) in [6, 6.07) is 0. The molecule has 0 unspecified atom stereocenters. The topological polar surface area (TPSA) is 17.1 Å². The van der Waals surface area contributed by atoms with Crippen molar-refractivity contribution in [3.8, 4) is 0 Å². The second-order valence-electron chi connectivity index (χ2n) is 0.0816. The third-order valence-electron chi connectivity index (χ3n) is 0. The van der Waals surface area contributed by atoms with Gasteiger partial charge in [0.2, 0.25) is 0 Å². The quantitative estimate of drug-likeness (QED) is 0.403. The molecule has 0 atom stereocenters. The Morgan fingerprint density at radius 1 is 1.40 bits per heavy atom. The first-order chi connectivity index (χ1) is 1.41. The molecule has 0 bridgehead atoms. The molecular weight excluding hydrogens is 164 g/mol. The number of hydrogen-bond acceptors (Lipinski definition) is 1. The van der Waals surface area contributed by atoms with Crippen LogP contribution in [0.25, 0.3) is 0 Å². The van der Waals surface area contributed by atoms with E-state index in [2.05, 4.69) is 0 Å². The van der Waals surface area contributed by atoms with Crippen LogP contribution in [-0.4, -0.2) is 59.1 Å². The van der Waals surface area contributed by atoms with E-state index >= 15 is 0 Å². The van der Waals surface area contributed by atoms with Crippen LogP contribution >= 0.6 is 0 Å². The molecule has 0 saturated carbocycles. The van der Waals surface area contributed by atoms with Gasteiger partial charge in [-0.15, -0.1) is 0 Å². The Hall–Kier alpha value is 2.97. The van der Waals surface area contributed by atoms with Crippen molar-refractivity contribution in [2.24, 2.45) is 0 Å². The SMILES string of the molecule is [NaH].[NaH].[O]=[V][V]. The first-order valence-corrected chi connectivity index (χ1v) is 4.15. The molecule has 0 N–H and O–H groups in total. The van der Waals surface area contributed by atoms with Gasteiger partial charge >= 0.3 is 92.0 Å². The van der Waals surface area contributed by atoms with Crippen LogP contribution in [0.15, 0.2) is 0 Å². The van der Waals surface area contributed by atoms with Gasteiger partial charge in [0.1, 0.15) is 0 Å². The summed E-state index contributed by atoms with van der Waals surface area (Å²) in [5, 5.41) is 0. The van der Waals surface area contributed by atoms with Crippen LogP contribution in [0.2, 0.25) is 0 Å². The third kappa shape index (κ3) is 19.5. The molecule has 0 aliphatic rings. The fourth-order valence-corrected chi connectivity index (χ4v) is 0. The third-order valence-corrected chi connectivity index (χ3v) is 0. The van der Waals surface area contributed by atoms with Gasteiger partial charge in [0, 0.05) is 0 Å². The molecule has 0 amide bonds. The molecule has 20 valence electrons. The molecule has 0 rings (SSSR count). The molecule has 0 aliphatic carbocycles. The first kappa shape index (κ1) is 15.7. The predicted molar refractivity (Wildman–Crippen MR) is 15.0 cm³/mol. The molecule has 0 aromatic carbocycles. The normalized spacial score (nSPS) is 2.40. The zero-order chi connectivity index (χ0) is 2.71. The van der Waals surface area contributed by atoms with E-state index in [-0.39, 0.29) is 59.1 Å². The second-order valence-corrected chi connectivity index (χ2v) is 1.39. The van der Waals surface area contributed by atoms with Crippen LogP contribution in [0.1, 0.15) is 0 Å². The average molecular weight is 166 g/mol. The van der Waals surface area contributed by atoms with Crippen molar-refractivity contribution in [2.45, 2.75) is 0 Å². The zero-order valence-corrected chi connectivity index (χ0v) is 4.10. The Morgan fingerprint density at radius 2 is 1.40 bits per heavy atom. The Balaban J connectivity index is -0.0000000200. The fourth-order valence-electron chi connectivity index (χ4n) is 0. The van der Waals surface area contributed by atoms with E-state index < -0.39 is 14.0 Å². The Kier molecular flexibility index (Phi) is 49.4. The number of rotatable bonds is 0. The van der Waals surface area contributed by atoms with Crippen molar-refractivity contribution < 1.29 is 32.9 Å². The van der Waals surface area contributed by atoms with Crippen LogP contribution in [0, 0.1) is 0 Å². The van der Waals surface area contributed by atoms with E-state index in [0.29, 0.717) is 0 Å². The molecule has 0 aromatic rings. The molecule has 0 aliphatic heterocycles. The molecule has 0 heterocycles. The molecule has 0 fully saturated rings. The zero-order valence-electron chi connectivity index (χ0n) is 1.30. The Bertz CT molecular complexity index is 15.1. The van der Waals surface area contributed by atoms with E-state index in [4.69, 9.17) is 3.67 Å². The van der Waals surface area contributed by atoms with Crippen molar-refractivity contribution in [1.29, 1.82) is 0 Å². The molecule has 1 nitrogen and oxygen atoms in total. The van der Waals surface area contributed by atoms with E-state index in [1.165, 1.54) is 0 Å². The van der Waals surface area contributed by atoms with Gasteiger partial charge in [-0.05, 0) is 0 Å². The maximum atomic E-state index is 9.00. The van der Waals surface area contributed by atoms with E-state index in [9.17, 15) is 0 Å². The molecule has 0 radical (unpaired) electrons. The van der Waals surface area contributed by atoms with Gasteiger partial charge in [-0.3, -0.25) is 0 Å². The van der Waals surface area contributed by atoms with Crippen LogP contribution in [0.5, 0.6) is 0 Å². The van der Waals surface area contributed by atoms with E-state index in [1.807, 2.05) is 15.2 Å². The summed E-state index contributed by atoms with van der Waals surface area (Å²) in [4.78, 5) is 0. The molecule has 0 aromatic heterocycles. The molecular formula is H2Na2OV2. The summed E-state index contributed by atoms with van der Waals surface area (Å²) in [6.45, 7) is 0. The Morgan fingerprint density at radius 3 is 1.40 bits per heavy atom. The van der Waals surface area contributed by atoms with Gasteiger partial charge in [0.25, 0.3) is 0 Å². The monoisotopic (exact) mass is 166 g/mol. The molecule has 5 heavy (non-hydrogen) atoms. The van der Waals surface area contributed by atoms with Crippen LogP contribution < -0.4 is 0 Å². The average Bonchev–Trinajstić information content (AvgIpc) is 0.918. The van der Waals surface area contributed by atoms with Crippen LogP contribution in [-0.2, 0) is 32.9 Å². The minimum absolute atomic E-state index is 0. The van der Waals surface area contributed by atoms with Gasteiger partial charge in [-0.2, -0.15) is 0 Å². The fraction of sp³-hybridized carbons (Fsp3) is 0. The van der Waals surface area contributed by atoms with Gasteiger partial charge in [0.15, 0.2) is 0 Å². The molecule has 0 saturated heterocycles. The van der Waals surface area contributed by atoms with Gasteiger partial charge < -0.3 is 0 Å². The van der Waals surface area contributed by atoms with Crippen LogP contribution in [0.3, 0.4) is 0 Å². The summed E-state index contributed by atoms with van der Waals surface area (Å²) < 4.78 is 9.00. The Labute approximate surface area is 90.0 Å². The summed E-state index contributed by atoms with van der Waals surface area (Å²) in [5.74, 6) is 0. The van der Waals surface area contributed by atoms with Crippen molar-refractivity contribution in [1.82, 2.24) is 0 Å². The molecule has 5 heteroatoms. The number of hydrogen-bond donors (Lipinski definition) is 0. The summed E-state index contributed by atoms with van der Waals surface area (Å²) in [7, 11) is 0. The van der Waals surface area contributed by atoms with Crippen LogP contribution in [0.4, 0.5) is 0 Å². The van der Waals surface area contributed by atoms with Gasteiger partial charge in [-0.25, -0.2) is 0 Å². The predicted octanol–water partition coefficient (Wildman–Crippen LogP) is -1.42. The summed E-state index contributed by atoms with van der Waals surface area (Å²) in [5.41, 5.74) is 0. The minimum atomic E-state index is -0.625. The van der Waals surface area contributed by atoms with E-state index in [1.54, 1.807) is 0 Å².